The molecule has 1 fully saturated rings. The van der Waals surface area contributed by atoms with Gasteiger partial charge in [-0.2, -0.15) is 0 Å². The van der Waals surface area contributed by atoms with Crippen LogP contribution in [0.15, 0.2) is 0 Å². The average Bonchev–Trinajstić information content (AvgIpc) is 2.26. The average molecular weight is 240 g/mol. The summed E-state index contributed by atoms with van der Waals surface area (Å²) < 4.78 is 0. The third kappa shape index (κ3) is 4.30. The molecule has 1 rings (SSSR count). The molecule has 0 aromatic carbocycles. The first-order valence-electron chi connectivity index (χ1n) is 6.94. The van der Waals surface area contributed by atoms with Gasteiger partial charge in [-0.1, -0.05) is 27.2 Å². The Kier molecular flexibility index (Phi) is 5.44. The van der Waals surface area contributed by atoms with Crippen LogP contribution in [0.2, 0.25) is 0 Å². The summed E-state index contributed by atoms with van der Waals surface area (Å²) in [5.41, 5.74) is 6.01. The lowest BCUT2D eigenvalue weighted by Crippen LogP contribution is -2.42. The number of amides is 1. The lowest BCUT2D eigenvalue weighted by molar-refractivity contribution is -0.136. The van der Waals surface area contributed by atoms with Gasteiger partial charge in [0.2, 0.25) is 5.91 Å². The Morgan fingerprint density at radius 2 is 2.06 bits per heavy atom. The molecule has 1 saturated carbocycles. The number of carbonyl (C=O) groups excluding carboxylic acids is 1. The zero-order valence-electron chi connectivity index (χ0n) is 11.8. The van der Waals surface area contributed by atoms with E-state index >= 15 is 0 Å². The summed E-state index contributed by atoms with van der Waals surface area (Å²) in [5, 5.41) is 0. The molecule has 4 unspecified atom stereocenters. The van der Waals surface area contributed by atoms with Crippen LogP contribution < -0.4 is 5.73 Å². The van der Waals surface area contributed by atoms with Crippen LogP contribution in [-0.4, -0.2) is 30.4 Å². The number of nitrogens with two attached hydrogens (primary N) is 1. The Bertz CT molecular complexity index is 245. The van der Waals surface area contributed by atoms with E-state index in [9.17, 15) is 4.79 Å². The van der Waals surface area contributed by atoms with Crippen molar-refractivity contribution in [1.82, 2.24) is 4.90 Å². The Morgan fingerprint density at radius 3 is 2.59 bits per heavy atom. The number of hydrogen-bond donors (Lipinski definition) is 1. The van der Waals surface area contributed by atoms with Crippen molar-refractivity contribution in [3.63, 3.8) is 0 Å². The summed E-state index contributed by atoms with van der Waals surface area (Å²) in [6, 6.07) is 0.213. The fraction of sp³-hybridized carbons (Fsp3) is 0.929. The molecule has 0 heterocycles. The second-order valence-electron chi connectivity index (χ2n) is 6.00. The van der Waals surface area contributed by atoms with E-state index in [4.69, 9.17) is 5.73 Å². The molecule has 100 valence electrons. The van der Waals surface area contributed by atoms with Crippen LogP contribution in [0.3, 0.4) is 0 Å². The van der Waals surface area contributed by atoms with Gasteiger partial charge in [0, 0.05) is 25.6 Å². The van der Waals surface area contributed by atoms with Gasteiger partial charge < -0.3 is 10.6 Å². The van der Waals surface area contributed by atoms with Crippen LogP contribution >= 0.6 is 0 Å². The van der Waals surface area contributed by atoms with Crippen LogP contribution in [0.25, 0.3) is 0 Å². The molecule has 0 aromatic heterocycles. The summed E-state index contributed by atoms with van der Waals surface area (Å²) in [6.45, 7) is 7.43. The molecule has 17 heavy (non-hydrogen) atoms. The van der Waals surface area contributed by atoms with Crippen LogP contribution in [0.1, 0.15) is 46.5 Å². The van der Waals surface area contributed by atoms with Gasteiger partial charge in [-0.05, 0) is 31.1 Å². The van der Waals surface area contributed by atoms with Crippen molar-refractivity contribution in [3.8, 4) is 0 Å². The zero-order valence-corrected chi connectivity index (χ0v) is 11.8. The number of carbonyl (C=O) groups is 1. The highest BCUT2D eigenvalue weighted by atomic mass is 16.2. The first-order valence-corrected chi connectivity index (χ1v) is 6.94. The predicted octanol–water partition coefficient (Wildman–Crippen LogP) is 2.25. The highest BCUT2D eigenvalue weighted by Crippen LogP contribution is 2.29. The molecule has 1 amide bonds. The molecular formula is C14H28N2O. The lowest BCUT2D eigenvalue weighted by atomic mass is 9.79. The van der Waals surface area contributed by atoms with Gasteiger partial charge in [0.25, 0.3) is 0 Å². The second-order valence-corrected chi connectivity index (χ2v) is 6.00. The topological polar surface area (TPSA) is 46.3 Å². The Balaban J connectivity index is 2.50. The van der Waals surface area contributed by atoms with E-state index in [1.807, 2.05) is 11.9 Å². The van der Waals surface area contributed by atoms with Crippen LogP contribution in [0.5, 0.6) is 0 Å². The summed E-state index contributed by atoms with van der Waals surface area (Å²) in [6.07, 6.45) is 4.07. The zero-order chi connectivity index (χ0) is 13.0. The molecule has 0 aliphatic heterocycles. The molecule has 0 bridgehead atoms. The van der Waals surface area contributed by atoms with Gasteiger partial charge in [0.05, 0.1) is 0 Å². The molecule has 3 nitrogen and oxygen atoms in total. The maximum atomic E-state index is 12.3. The molecule has 2 N–H and O–H groups in total. The van der Waals surface area contributed by atoms with Gasteiger partial charge in [0.15, 0.2) is 0 Å². The largest absolute Gasteiger partial charge is 0.345 e. The first kappa shape index (κ1) is 14.5. The molecule has 1 aliphatic carbocycles. The summed E-state index contributed by atoms with van der Waals surface area (Å²) in [5.74, 6) is 1.62. The second kappa shape index (κ2) is 6.39. The van der Waals surface area contributed by atoms with Gasteiger partial charge >= 0.3 is 0 Å². The van der Waals surface area contributed by atoms with Gasteiger partial charge in [0.1, 0.15) is 0 Å². The Labute approximate surface area is 106 Å². The lowest BCUT2D eigenvalue weighted by Gasteiger charge is -2.33. The van der Waals surface area contributed by atoms with Crippen molar-refractivity contribution < 1.29 is 4.79 Å². The Morgan fingerprint density at radius 1 is 1.41 bits per heavy atom. The van der Waals surface area contributed by atoms with E-state index in [1.54, 1.807) is 0 Å². The molecule has 4 atom stereocenters. The molecule has 0 saturated heterocycles. The molecule has 0 radical (unpaired) electrons. The van der Waals surface area contributed by atoms with Gasteiger partial charge in [-0.25, -0.2) is 0 Å². The van der Waals surface area contributed by atoms with Crippen LogP contribution in [0, 0.1) is 17.8 Å². The first-order chi connectivity index (χ1) is 7.93. The third-order valence-corrected chi connectivity index (χ3v) is 3.99. The summed E-state index contributed by atoms with van der Waals surface area (Å²) >= 11 is 0. The van der Waals surface area contributed by atoms with Crippen molar-refractivity contribution in [1.29, 1.82) is 0 Å². The van der Waals surface area contributed by atoms with Crippen molar-refractivity contribution in [2.45, 2.75) is 52.5 Å². The van der Waals surface area contributed by atoms with Crippen LogP contribution in [-0.2, 0) is 4.79 Å². The normalized spacial score (nSPS) is 31.0. The third-order valence-electron chi connectivity index (χ3n) is 3.99. The SMILES string of the molecule is CCC(C)CN(C)C(=O)C1CC(C)CC(N)C1. The summed E-state index contributed by atoms with van der Waals surface area (Å²) in [4.78, 5) is 14.2. The minimum Gasteiger partial charge on any atom is -0.345 e. The van der Waals surface area contributed by atoms with E-state index < -0.39 is 0 Å². The fourth-order valence-electron chi connectivity index (χ4n) is 2.86. The van der Waals surface area contributed by atoms with Crippen LogP contribution in [0.4, 0.5) is 0 Å². The fourth-order valence-corrected chi connectivity index (χ4v) is 2.86. The van der Waals surface area contributed by atoms with E-state index in [1.165, 1.54) is 0 Å². The quantitative estimate of drug-likeness (QED) is 0.819. The number of hydrogen-bond acceptors (Lipinski definition) is 2. The van der Waals surface area contributed by atoms with E-state index in [0.717, 1.165) is 32.2 Å². The molecular weight excluding hydrogens is 212 g/mol. The van der Waals surface area contributed by atoms with Crippen molar-refractivity contribution >= 4 is 5.91 Å². The van der Waals surface area contributed by atoms with Gasteiger partial charge in [-0.3, -0.25) is 4.79 Å². The molecule has 3 heteroatoms. The predicted molar refractivity (Wildman–Crippen MR) is 71.6 cm³/mol. The smallest absolute Gasteiger partial charge is 0.225 e. The maximum absolute atomic E-state index is 12.3. The molecule has 1 aliphatic rings. The van der Waals surface area contributed by atoms with Crippen molar-refractivity contribution in [2.24, 2.45) is 23.5 Å². The van der Waals surface area contributed by atoms with Gasteiger partial charge in [-0.15, -0.1) is 0 Å². The maximum Gasteiger partial charge on any atom is 0.225 e. The standard InChI is InChI=1S/C14H28N2O/c1-5-10(2)9-16(4)14(17)12-6-11(3)7-13(15)8-12/h10-13H,5-9,15H2,1-4H3. The minimum absolute atomic E-state index is 0.155. The number of rotatable bonds is 4. The monoisotopic (exact) mass is 240 g/mol. The highest BCUT2D eigenvalue weighted by Gasteiger charge is 2.31. The Hall–Kier alpha value is -0.570. The highest BCUT2D eigenvalue weighted by molar-refractivity contribution is 5.78. The van der Waals surface area contributed by atoms with E-state index in [-0.39, 0.29) is 12.0 Å². The minimum atomic E-state index is 0.155. The molecule has 0 spiro atoms. The van der Waals surface area contributed by atoms with E-state index in [0.29, 0.717) is 17.7 Å². The number of nitrogens with zero attached hydrogens (tertiary/aromatic N) is 1. The van der Waals surface area contributed by atoms with Crippen molar-refractivity contribution in [3.05, 3.63) is 0 Å². The summed E-state index contributed by atoms with van der Waals surface area (Å²) in [7, 11) is 1.93. The van der Waals surface area contributed by atoms with Crippen molar-refractivity contribution in [2.75, 3.05) is 13.6 Å². The molecule has 0 aromatic rings. The van der Waals surface area contributed by atoms with E-state index in [2.05, 4.69) is 20.8 Å².